The van der Waals surface area contributed by atoms with Gasteiger partial charge in [0, 0.05) is 13.6 Å². The molecule has 12 heteroatoms. The van der Waals surface area contributed by atoms with Gasteiger partial charge < -0.3 is 9.88 Å². The first-order valence-corrected chi connectivity index (χ1v) is 12.4. The lowest BCUT2D eigenvalue weighted by molar-refractivity contribution is -0.115. The summed E-state index contributed by atoms with van der Waals surface area (Å²) >= 11 is 1.20. The van der Waals surface area contributed by atoms with E-state index < -0.39 is 15.1 Å². The topological polar surface area (TPSA) is 136 Å². The Bertz CT molecular complexity index is 1240. The molecule has 1 atom stereocenters. The van der Waals surface area contributed by atoms with Crippen molar-refractivity contribution in [1.82, 2.24) is 24.5 Å². The predicted molar refractivity (Wildman–Crippen MR) is 120 cm³/mol. The molecule has 0 spiro atoms. The van der Waals surface area contributed by atoms with Gasteiger partial charge in [-0.2, -0.15) is 10.4 Å². The number of aryl methyl sites for hydroxylation is 1. The molecule has 2 heterocycles. The Morgan fingerprint density at radius 3 is 2.59 bits per heavy atom. The van der Waals surface area contributed by atoms with Crippen LogP contribution < -0.4 is 5.32 Å². The van der Waals surface area contributed by atoms with Gasteiger partial charge in [-0.05, 0) is 25.5 Å². The van der Waals surface area contributed by atoms with Crippen LogP contribution in [0.15, 0.2) is 46.6 Å². The fourth-order valence-corrected chi connectivity index (χ4v) is 5.35. The van der Waals surface area contributed by atoms with Crippen LogP contribution in [0.2, 0.25) is 0 Å². The van der Waals surface area contributed by atoms with Crippen molar-refractivity contribution >= 4 is 33.3 Å². The maximum atomic E-state index is 12.9. The summed E-state index contributed by atoms with van der Waals surface area (Å²) in [4.78, 5) is 13.1. The molecule has 1 amide bonds. The Balaban J connectivity index is 1.79. The number of nitriles is 1. The molecule has 2 aromatic heterocycles. The van der Waals surface area contributed by atoms with Crippen LogP contribution in [-0.4, -0.2) is 44.1 Å². The van der Waals surface area contributed by atoms with Gasteiger partial charge >= 0.3 is 0 Å². The summed E-state index contributed by atoms with van der Waals surface area (Å²) in [6.45, 7) is 4.17. The highest BCUT2D eigenvalue weighted by Crippen LogP contribution is 2.27. The van der Waals surface area contributed by atoms with Gasteiger partial charge in [0.1, 0.15) is 29.0 Å². The first kappa shape index (κ1) is 23.5. The van der Waals surface area contributed by atoms with E-state index in [2.05, 4.69) is 20.6 Å². The van der Waals surface area contributed by atoms with Gasteiger partial charge in [-0.1, -0.05) is 36.9 Å². The van der Waals surface area contributed by atoms with Gasteiger partial charge in [-0.25, -0.2) is 8.42 Å². The highest BCUT2D eigenvalue weighted by molar-refractivity contribution is 8.00. The minimum absolute atomic E-state index is 0.218. The number of carbonyl (C=O) groups excluding carboxylic acids is 1. The second-order valence-corrected chi connectivity index (χ2v) is 10.0. The molecule has 0 bridgehead atoms. The van der Waals surface area contributed by atoms with Crippen LogP contribution >= 0.6 is 11.8 Å². The fourth-order valence-electron chi connectivity index (χ4n) is 3.03. The monoisotopic (exact) mass is 473 g/mol. The quantitative estimate of drug-likeness (QED) is 0.468. The SMILES string of the molecule is CCC(Sc1nnc(CS(=O)(=O)c2ccccc2)n1CC)C(=O)Nc1c(C#N)cnn1C. The summed E-state index contributed by atoms with van der Waals surface area (Å²) in [5.74, 6) is 0.0412. The Morgan fingerprint density at radius 2 is 1.97 bits per heavy atom. The van der Waals surface area contributed by atoms with Crippen LogP contribution in [0.3, 0.4) is 0 Å². The largest absolute Gasteiger partial charge is 0.309 e. The van der Waals surface area contributed by atoms with Crippen molar-refractivity contribution in [3.63, 3.8) is 0 Å². The first-order chi connectivity index (χ1) is 15.3. The standard InChI is InChI=1S/C20H23N7O3S2/c1-4-16(19(28)23-18-14(11-21)12-22-26(18)3)31-20-25-24-17(27(20)5-2)13-32(29,30)15-9-7-6-8-10-15/h6-10,12,16H,4-5,13H2,1-3H3,(H,23,28). The van der Waals surface area contributed by atoms with Gasteiger partial charge in [0.15, 0.2) is 15.0 Å². The lowest BCUT2D eigenvalue weighted by Crippen LogP contribution is -2.26. The van der Waals surface area contributed by atoms with Crippen molar-refractivity contribution < 1.29 is 13.2 Å². The van der Waals surface area contributed by atoms with Crippen LogP contribution in [0.4, 0.5) is 5.82 Å². The van der Waals surface area contributed by atoms with E-state index in [9.17, 15) is 18.5 Å². The summed E-state index contributed by atoms with van der Waals surface area (Å²) in [5.41, 5.74) is 0.269. The first-order valence-electron chi connectivity index (χ1n) is 9.90. The zero-order valence-corrected chi connectivity index (χ0v) is 19.5. The average Bonchev–Trinajstić information content (AvgIpc) is 3.34. The van der Waals surface area contributed by atoms with Crippen molar-refractivity contribution in [2.45, 2.75) is 47.9 Å². The zero-order valence-electron chi connectivity index (χ0n) is 17.9. The number of thioether (sulfide) groups is 1. The number of sulfone groups is 1. The average molecular weight is 474 g/mol. The van der Waals surface area contributed by atoms with E-state index in [1.165, 1.54) is 22.6 Å². The zero-order chi connectivity index (χ0) is 23.3. The molecule has 3 aromatic rings. The number of hydrogen-bond donors (Lipinski definition) is 1. The van der Waals surface area contributed by atoms with E-state index in [0.717, 1.165) is 0 Å². The highest BCUT2D eigenvalue weighted by atomic mass is 32.2. The van der Waals surface area contributed by atoms with E-state index in [0.29, 0.717) is 29.8 Å². The highest BCUT2D eigenvalue weighted by Gasteiger charge is 2.26. The Hall–Kier alpha value is -3.17. The normalized spacial score (nSPS) is 12.3. The number of rotatable bonds is 9. The van der Waals surface area contributed by atoms with Crippen molar-refractivity contribution in [1.29, 1.82) is 5.26 Å². The summed E-state index contributed by atoms with van der Waals surface area (Å²) in [5, 5.41) is 24.1. The Morgan fingerprint density at radius 1 is 1.25 bits per heavy atom. The number of hydrogen-bond acceptors (Lipinski definition) is 8. The van der Waals surface area contributed by atoms with Crippen LogP contribution in [0.25, 0.3) is 0 Å². The maximum Gasteiger partial charge on any atom is 0.239 e. The lowest BCUT2D eigenvalue weighted by atomic mass is 10.3. The number of anilines is 1. The molecule has 0 radical (unpaired) electrons. The molecule has 32 heavy (non-hydrogen) atoms. The maximum absolute atomic E-state index is 12.9. The van der Waals surface area contributed by atoms with Gasteiger partial charge in [0.05, 0.1) is 16.3 Å². The molecular weight excluding hydrogens is 450 g/mol. The van der Waals surface area contributed by atoms with Crippen LogP contribution in [0, 0.1) is 11.3 Å². The molecule has 168 valence electrons. The van der Waals surface area contributed by atoms with E-state index in [1.807, 2.05) is 19.9 Å². The van der Waals surface area contributed by atoms with Crippen LogP contribution in [-0.2, 0) is 34.0 Å². The van der Waals surface area contributed by atoms with Crippen LogP contribution in [0.1, 0.15) is 31.7 Å². The van der Waals surface area contributed by atoms with Gasteiger partial charge in [-0.15, -0.1) is 10.2 Å². The summed E-state index contributed by atoms with van der Waals surface area (Å²) in [7, 11) is -1.95. The van der Waals surface area contributed by atoms with Crippen molar-refractivity contribution in [2.24, 2.45) is 7.05 Å². The lowest BCUT2D eigenvalue weighted by Gasteiger charge is -2.15. The number of carbonyl (C=O) groups is 1. The third-order valence-corrected chi connectivity index (χ3v) is 7.72. The number of amides is 1. The molecule has 3 rings (SSSR count). The Kier molecular flexibility index (Phi) is 7.32. The summed E-state index contributed by atoms with van der Waals surface area (Å²) < 4.78 is 28.6. The van der Waals surface area contributed by atoms with E-state index >= 15 is 0 Å². The summed E-state index contributed by atoms with van der Waals surface area (Å²) in [6.07, 6.45) is 1.88. The molecule has 10 nitrogen and oxygen atoms in total. The Labute approximate surface area is 190 Å². The molecule has 1 N–H and O–H groups in total. The number of aromatic nitrogens is 5. The minimum atomic E-state index is -3.58. The molecule has 0 saturated carbocycles. The second-order valence-electron chi connectivity index (χ2n) is 6.86. The van der Waals surface area contributed by atoms with Crippen molar-refractivity contribution in [3.8, 4) is 6.07 Å². The number of nitrogens with zero attached hydrogens (tertiary/aromatic N) is 6. The molecule has 0 aliphatic carbocycles. The van der Waals surface area contributed by atoms with Gasteiger partial charge in [-0.3, -0.25) is 9.48 Å². The smallest absolute Gasteiger partial charge is 0.239 e. The molecule has 0 aliphatic heterocycles. The van der Waals surface area contributed by atoms with Crippen molar-refractivity contribution in [3.05, 3.63) is 47.9 Å². The van der Waals surface area contributed by atoms with Crippen molar-refractivity contribution in [2.75, 3.05) is 5.32 Å². The van der Waals surface area contributed by atoms with Gasteiger partial charge in [0.2, 0.25) is 5.91 Å². The molecule has 1 aromatic carbocycles. The van der Waals surface area contributed by atoms with E-state index in [-0.39, 0.29) is 22.1 Å². The molecule has 0 aliphatic rings. The van der Waals surface area contributed by atoms with E-state index in [4.69, 9.17) is 0 Å². The fraction of sp³-hybridized carbons (Fsp3) is 0.350. The molecule has 0 fully saturated rings. The number of nitrogens with one attached hydrogen (secondary N) is 1. The molecule has 1 unspecified atom stereocenters. The third-order valence-electron chi connectivity index (χ3n) is 4.74. The van der Waals surface area contributed by atoms with Gasteiger partial charge in [0.25, 0.3) is 0 Å². The summed E-state index contributed by atoms with van der Waals surface area (Å²) in [6, 6.07) is 10.2. The van der Waals surface area contributed by atoms with E-state index in [1.54, 1.807) is 41.9 Å². The second kappa shape index (κ2) is 9.97. The molecule has 0 saturated heterocycles. The minimum Gasteiger partial charge on any atom is -0.309 e. The third kappa shape index (κ3) is 5.00. The molecular formula is C20H23N7O3S2. The predicted octanol–water partition coefficient (Wildman–Crippen LogP) is 2.39. The van der Waals surface area contributed by atoms with Crippen LogP contribution in [0.5, 0.6) is 0 Å². The number of benzene rings is 1.